The molecule has 21 heavy (non-hydrogen) atoms. The van der Waals surface area contributed by atoms with Crippen molar-refractivity contribution >= 4 is 21.4 Å². The van der Waals surface area contributed by atoms with Crippen LogP contribution in [-0.4, -0.2) is 20.5 Å². The summed E-state index contributed by atoms with van der Waals surface area (Å²) in [6.45, 7) is 0.440. The molecule has 0 amide bonds. The van der Waals surface area contributed by atoms with E-state index in [1.807, 2.05) is 6.07 Å². The van der Waals surface area contributed by atoms with Crippen LogP contribution in [0.2, 0.25) is 0 Å². The zero-order chi connectivity index (χ0) is 15.5. The first kappa shape index (κ1) is 15.1. The summed E-state index contributed by atoms with van der Waals surface area (Å²) in [5.74, 6) is 0.523. The highest BCUT2D eigenvalue weighted by atomic mass is 32.2. The van der Waals surface area contributed by atoms with Gasteiger partial charge in [0.1, 0.15) is 0 Å². The minimum absolute atomic E-state index is 0.00653. The van der Waals surface area contributed by atoms with Crippen molar-refractivity contribution in [2.24, 2.45) is 5.14 Å². The topological polar surface area (TPSA) is 120 Å². The lowest BCUT2D eigenvalue weighted by atomic mass is 10.2. The molecule has 0 spiro atoms. The van der Waals surface area contributed by atoms with Crippen LogP contribution in [0.15, 0.2) is 41.4 Å². The number of ether oxygens (including phenoxy) is 1. The van der Waals surface area contributed by atoms with Crippen molar-refractivity contribution in [1.29, 1.82) is 0 Å². The number of anilines is 2. The largest absolute Gasteiger partial charge is 0.481 e. The number of nitrogens with one attached hydrogen (secondary N) is 1. The fraction of sp³-hybridized carbons (Fsp3) is 0.154. The lowest BCUT2D eigenvalue weighted by molar-refractivity contribution is 0.397. The Balaban J connectivity index is 2.15. The minimum atomic E-state index is -3.76. The Kier molecular flexibility index (Phi) is 4.29. The highest BCUT2D eigenvalue weighted by Gasteiger charge is 2.10. The molecule has 0 radical (unpaired) electrons. The smallest absolute Gasteiger partial charge is 0.238 e. The van der Waals surface area contributed by atoms with E-state index in [-0.39, 0.29) is 4.90 Å². The van der Waals surface area contributed by atoms with Crippen LogP contribution in [0.4, 0.5) is 11.4 Å². The second kappa shape index (κ2) is 5.98. The molecule has 8 heteroatoms. The molecule has 0 aliphatic heterocycles. The van der Waals surface area contributed by atoms with Gasteiger partial charge in [-0.2, -0.15) is 0 Å². The first-order valence-electron chi connectivity index (χ1n) is 6.05. The van der Waals surface area contributed by atoms with Gasteiger partial charge in [-0.1, -0.05) is 6.07 Å². The molecule has 0 atom stereocenters. The van der Waals surface area contributed by atoms with E-state index in [1.165, 1.54) is 18.2 Å². The number of rotatable bonds is 5. The first-order valence-corrected chi connectivity index (χ1v) is 7.60. The summed E-state index contributed by atoms with van der Waals surface area (Å²) in [7, 11) is -2.22. The molecule has 1 aromatic carbocycles. The number of hydrogen-bond acceptors (Lipinski definition) is 6. The van der Waals surface area contributed by atoms with Crippen molar-refractivity contribution in [3.8, 4) is 5.88 Å². The fourth-order valence-electron chi connectivity index (χ4n) is 1.70. The third-order valence-electron chi connectivity index (χ3n) is 2.84. The fourth-order valence-corrected chi connectivity index (χ4v) is 2.24. The number of nitrogens with zero attached hydrogens (tertiary/aromatic N) is 1. The van der Waals surface area contributed by atoms with Gasteiger partial charge in [0.05, 0.1) is 23.4 Å². The lowest BCUT2D eigenvalue weighted by Crippen LogP contribution is -2.13. The lowest BCUT2D eigenvalue weighted by Gasteiger charge is -2.11. The maximum Gasteiger partial charge on any atom is 0.238 e. The summed E-state index contributed by atoms with van der Waals surface area (Å²) >= 11 is 0. The normalized spacial score (nSPS) is 11.1. The van der Waals surface area contributed by atoms with Crippen LogP contribution < -0.4 is 20.9 Å². The number of primary sulfonamides is 1. The number of benzene rings is 1. The van der Waals surface area contributed by atoms with E-state index in [1.54, 1.807) is 19.4 Å². The van der Waals surface area contributed by atoms with E-state index in [9.17, 15) is 8.42 Å². The molecule has 0 saturated carbocycles. The summed E-state index contributed by atoms with van der Waals surface area (Å²) in [6, 6.07) is 7.85. The molecular weight excluding hydrogens is 292 g/mol. The van der Waals surface area contributed by atoms with Crippen molar-refractivity contribution in [2.75, 3.05) is 18.2 Å². The van der Waals surface area contributed by atoms with E-state index >= 15 is 0 Å². The highest BCUT2D eigenvalue weighted by Crippen LogP contribution is 2.22. The van der Waals surface area contributed by atoms with Crippen molar-refractivity contribution in [3.63, 3.8) is 0 Å². The SMILES string of the molecule is COc1ccc(CNc2cc(S(N)(=O)=O)ccc2N)cn1. The summed E-state index contributed by atoms with van der Waals surface area (Å²) in [4.78, 5) is 4.09. The van der Waals surface area contributed by atoms with Gasteiger partial charge in [-0.15, -0.1) is 0 Å². The zero-order valence-electron chi connectivity index (χ0n) is 11.4. The van der Waals surface area contributed by atoms with Gasteiger partial charge in [0.25, 0.3) is 0 Å². The van der Waals surface area contributed by atoms with Gasteiger partial charge >= 0.3 is 0 Å². The van der Waals surface area contributed by atoms with E-state index in [2.05, 4.69) is 10.3 Å². The molecule has 5 N–H and O–H groups in total. The molecule has 0 unspecified atom stereocenters. The third kappa shape index (κ3) is 3.83. The van der Waals surface area contributed by atoms with Gasteiger partial charge in [0.2, 0.25) is 15.9 Å². The van der Waals surface area contributed by atoms with E-state index in [0.717, 1.165) is 5.56 Å². The molecule has 7 nitrogen and oxygen atoms in total. The number of aromatic nitrogens is 1. The van der Waals surface area contributed by atoms with Crippen LogP contribution in [0.1, 0.15) is 5.56 Å². The number of pyridine rings is 1. The number of hydrogen-bond donors (Lipinski definition) is 3. The standard InChI is InChI=1S/C13H16N4O3S/c1-20-13-5-2-9(8-17-13)7-16-12-6-10(21(15,18)19)3-4-11(12)14/h2-6,8,16H,7,14H2,1H3,(H2,15,18,19). The number of sulfonamides is 1. The van der Waals surface area contributed by atoms with Gasteiger partial charge < -0.3 is 15.8 Å². The van der Waals surface area contributed by atoms with E-state index < -0.39 is 10.0 Å². The van der Waals surface area contributed by atoms with Crippen molar-refractivity contribution in [3.05, 3.63) is 42.1 Å². The molecule has 0 saturated heterocycles. The Morgan fingerprint density at radius 2 is 2.05 bits per heavy atom. The average molecular weight is 308 g/mol. The van der Waals surface area contributed by atoms with Crippen molar-refractivity contribution < 1.29 is 13.2 Å². The molecule has 0 aliphatic carbocycles. The number of nitrogen functional groups attached to an aromatic ring is 1. The molecule has 112 valence electrons. The summed E-state index contributed by atoms with van der Waals surface area (Å²) in [6.07, 6.45) is 1.66. The van der Waals surface area contributed by atoms with Crippen LogP contribution in [0.3, 0.4) is 0 Å². The second-order valence-corrected chi connectivity index (χ2v) is 5.92. The summed E-state index contributed by atoms with van der Waals surface area (Å²) in [5, 5.41) is 8.15. The van der Waals surface area contributed by atoms with Gasteiger partial charge in [0, 0.05) is 18.8 Å². The maximum atomic E-state index is 11.3. The molecule has 0 aliphatic rings. The number of nitrogens with two attached hydrogens (primary N) is 2. The molecule has 0 bridgehead atoms. The van der Waals surface area contributed by atoms with Crippen LogP contribution in [-0.2, 0) is 16.6 Å². The molecule has 1 aromatic heterocycles. The van der Waals surface area contributed by atoms with E-state index in [0.29, 0.717) is 23.8 Å². The maximum absolute atomic E-state index is 11.3. The molecule has 2 aromatic rings. The molecule has 0 fully saturated rings. The third-order valence-corrected chi connectivity index (χ3v) is 3.75. The molecule has 1 heterocycles. The Morgan fingerprint density at radius 3 is 2.62 bits per heavy atom. The predicted molar refractivity (Wildman–Crippen MR) is 80.3 cm³/mol. The minimum Gasteiger partial charge on any atom is -0.481 e. The Morgan fingerprint density at radius 1 is 1.29 bits per heavy atom. The van der Waals surface area contributed by atoms with Gasteiger partial charge in [-0.25, -0.2) is 18.5 Å². The quantitative estimate of drug-likeness (QED) is 0.707. The van der Waals surface area contributed by atoms with Crippen molar-refractivity contribution in [1.82, 2.24) is 4.98 Å². The van der Waals surface area contributed by atoms with Crippen LogP contribution in [0.5, 0.6) is 5.88 Å². The first-order chi connectivity index (χ1) is 9.90. The van der Waals surface area contributed by atoms with Gasteiger partial charge in [0.15, 0.2) is 0 Å². The summed E-state index contributed by atoms with van der Waals surface area (Å²) < 4.78 is 27.6. The Bertz CT molecular complexity index is 730. The Hall–Kier alpha value is -2.32. The van der Waals surface area contributed by atoms with Crippen molar-refractivity contribution in [2.45, 2.75) is 11.4 Å². The molecule has 2 rings (SSSR count). The Labute approximate surface area is 123 Å². The number of methoxy groups -OCH3 is 1. The second-order valence-electron chi connectivity index (χ2n) is 4.36. The van der Waals surface area contributed by atoms with Gasteiger partial charge in [-0.3, -0.25) is 0 Å². The van der Waals surface area contributed by atoms with Crippen LogP contribution in [0, 0.1) is 0 Å². The van der Waals surface area contributed by atoms with Crippen LogP contribution >= 0.6 is 0 Å². The molecular formula is C13H16N4O3S. The summed E-state index contributed by atoms with van der Waals surface area (Å²) in [5.41, 5.74) is 7.64. The predicted octanol–water partition coefficient (Wildman–Crippen LogP) is 0.932. The zero-order valence-corrected chi connectivity index (χ0v) is 12.2. The van der Waals surface area contributed by atoms with Crippen LogP contribution in [0.25, 0.3) is 0 Å². The monoisotopic (exact) mass is 308 g/mol. The average Bonchev–Trinajstić information content (AvgIpc) is 2.45. The van der Waals surface area contributed by atoms with Gasteiger partial charge in [-0.05, 0) is 23.8 Å². The highest BCUT2D eigenvalue weighted by molar-refractivity contribution is 7.89. The van der Waals surface area contributed by atoms with E-state index in [4.69, 9.17) is 15.6 Å².